The summed E-state index contributed by atoms with van der Waals surface area (Å²) in [5.41, 5.74) is 0. The van der Waals surface area contributed by atoms with E-state index in [-0.39, 0.29) is 17.9 Å². The summed E-state index contributed by atoms with van der Waals surface area (Å²) in [5, 5.41) is 7.29. The predicted molar refractivity (Wildman–Crippen MR) is 87.4 cm³/mol. The van der Waals surface area contributed by atoms with Crippen LogP contribution in [0.1, 0.15) is 26.7 Å². The van der Waals surface area contributed by atoms with Crippen LogP contribution in [-0.2, 0) is 4.79 Å². The molecule has 1 amide bonds. The Labute approximate surface area is 135 Å². The average molecular weight is 314 g/mol. The van der Waals surface area contributed by atoms with E-state index in [0.717, 1.165) is 31.7 Å². The average Bonchev–Trinajstić information content (AvgIpc) is 3.10. The van der Waals surface area contributed by atoms with Crippen LogP contribution in [-0.4, -0.2) is 44.8 Å². The molecule has 1 saturated heterocycles. The molecule has 1 aliphatic rings. The van der Waals surface area contributed by atoms with Gasteiger partial charge in [-0.15, -0.1) is 0 Å². The largest absolute Gasteiger partial charge is 0.355 e. The molecule has 7 nitrogen and oxygen atoms in total. The number of carbonyl (C=O) groups excluding carboxylic acids is 1. The molecule has 0 aromatic carbocycles. The van der Waals surface area contributed by atoms with Gasteiger partial charge in [0.25, 0.3) is 0 Å². The molecule has 23 heavy (non-hydrogen) atoms. The highest BCUT2D eigenvalue weighted by molar-refractivity contribution is 5.78. The summed E-state index contributed by atoms with van der Waals surface area (Å²) < 4.78 is 1.70. The van der Waals surface area contributed by atoms with E-state index >= 15 is 0 Å². The van der Waals surface area contributed by atoms with Crippen molar-refractivity contribution in [3.8, 4) is 5.82 Å². The number of carbonyl (C=O) groups is 1. The summed E-state index contributed by atoms with van der Waals surface area (Å²) in [6, 6.07) is 2.11. The highest BCUT2D eigenvalue weighted by atomic mass is 16.1. The van der Waals surface area contributed by atoms with E-state index in [2.05, 4.69) is 25.3 Å². The molecule has 0 saturated carbocycles. The van der Waals surface area contributed by atoms with Crippen LogP contribution in [0.2, 0.25) is 0 Å². The van der Waals surface area contributed by atoms with Crippen molar-refractivity contribution in [3.63, 3.8) is 0 Å². The molecule has 2 aromatic heterocycles. The monoisotopic (exact) mass is 314 g/mol. The fraction of sp³-hybridized carbons (Fsp3) is 0.500. The fourth-order valence-electron chi connectivity index (χ4n) is 2.63. The highest BCUT2D eigenvalue weighted by Gasteiger charge is 2.22. The first-order valence-electron chi connectivity index (χ1n) is 8.01. The number of hydrogen-bond acceptors (Lipinski definition) is 5. The Morgan fingerprint density at radius 1 is 1.26 bits per heavy atom. The lowest BCUT2D eigenvalue weighted by atomic mass is 10.0. The molecule has 0 atom stereocenters. The Kier molecular flexibility index (Phi) is 4.55. The van der Waals surface area contributed by atoms with E-state index in [4.69, 9.17) is 0 Å². The maximum Gasteiger partial charge on any atom is 0.222 e. The van der Waals surface area contributed by atoms with Crippen molar-refractivity contribution in [1.82, 2.24) is 25.1 Å². The van der Waals surface area contributed by atoms with Crippen LogP contribution in [0.15, 0.2) is 30.9 Å². The summed E-state index contributed by atoms with van der Waals surface area (Å²) in [5.74, 6) is 1.72. The number of amides is 1. The summed E-state index contributed by atoms with van der Waals surface area (Å²) in [6.07, 6.45) is 8.89. The molecule has 2 aromatic rings. The Morgan fingerprint density at radius 3 is 2.65 bits per heavy atom. The van der Waals surface area contributed by atoms with Gasteiger partial charge in [0.05, 0.1) is 12.4 Å². The molecular weight excluding hydrogens is 292 g/mol. The fourth-order valence-corrected chi connectivity index (χ4v) is 2.63. The third-order valence-corrected chi connectivity index (χ3v) is 4.04. The molecule has 1 aliphatic heterocycles. The van der Waals surface area contributed by atoms with E-state index in [1.165, 1.54) is 0 Å². The highest BCUT2D eigenvalue weighted by Crippen LogP contribution is 2.18. The van der Waals surface area contributed by atoms with Gasteiger partial charge in [0.2, 0.25) is 5.91 Å². The molecule has 122 valence electrons. The number of rotatable bonds is 4. The van der Waals surface area contributed by atoms with E-state index < -0.39 is 0 Å². The molecule has 7 heteroatoms. The summed E-state index contributed by atoms with van der Waals surface area (Å²) >= 11 is 0. The molecule has 3 rings (SSSR count). The summed E-state index contributed by atoms with van der Waals surface area (Å²) in [6.45, 7) is 5.56. The molecule has 0 radical (unpaired) electrons. The minimum Gasteiger partial charge on any atom is -0.355 e. The van der Waals surface area contributed by atoms with Gasteiger partial charge in [-0.1, -0.05) is 13.8 Å². The minimum atomic E-state index is 0.0321. The first-order valence-corrected chi connectivity index (χ1v) is 8.01. The molecule has 3 heterocycles. The van der Waals surface area contributed by atoms with Crippen LogP contribution in [0.4, 0.5) is 5.82 Å². The lowest BCUT2D eigenvalue weighted by Gasteiger charge is -2.33. The molecule has 1 fully saturated rings. The van der Waals surface area contributed by atoms with Crippen molar-refractivity contribution in [2.24, 2.45) is 5.92 Å². The van der Waals surface area contributed by atoms with Gasteiger partial charge >= 0.3 is 0 Å². The molecule has 0 spiro atoms. The summed E-state index contributed by atoms with van der Waals surface area (Å²) in [4.78, 5) is 22.9. The Hall–Kier alpha value is -2.44. The van der Waals surface area contributed by atoms with E-state index in [1.54, 1.807) is 23.3 Å². The third kappa shape index (κ3) is 3.67. The number of hydrogen-bond donors (Lipinski definition) is 1. The molecule has 0 bridgehead atoms. The first-order chi connectivity index (χ1) is 11.1. The maximum absolute atomic E-state index is 11.8. The number of piperidine rings is 1. The third-order valence-electron chi connectivity index (χ3n) is 4.04. The van der Waals surface area contributed by atoms with Crippen LogP contribution >= 0.6 is 0 Å². The lowest BCUT2D eigenvalue weighted by Crippen LogP contribution is -2.46. The zero-order chi connectivity index (χ0) is 16.2. The maximum atomic E-state index is 11.8. The van der Waals surface area contributed by atoms with Gasteiger partial charge in [0, 0.05) is 37.4 Å². The number of nitrogens with zero attached hydrogens (tertiary/aromatic N) is 5. The van der Waals surface area contributed by atoms with Crippen LogP contribution < -0.4 is 10.2 Å². The number of aromatic nitrogens is 4. The van der Waals surface area contributed by atoms with E-state index in [0.29, 0.717) is 5.82 Å². The van der Waals surface area contributed by atoms with Crippen LogP contribution in [0.3, 0.4) is 0 Å². The standard InChI is InChI=1S/C16H22N6O/c1-12(2)16(23)19-13-4-8-21(9-5-13)14-10-17-11-15(20-14)22-7-3-6-18-22/h3,6-7,10-13H,4-5,8-9H2,1-2H3,(H,19,23). The van der Waals surface area contributed by atoms with Crippen LogP contribution in [0.25, 0.3) is 5.82 Å². The van der Waals surface area contributed by atoms with E-state index in [1.807, 2.05) is 26.1 Å². The molecule has 0 aliphatic carbocycles. The second-order valence-electron chi connectivity index (χ2n) is 6.11. The van der Waals surface area contributed by atoms with Crippen LogP contribution in [0.5, 0.6) is 0 Å². The second-order valence-corrected chi connectivity index (χ2v) is 6.11. The minimum absolute atomic E-state index is 0.0321. The normalized spacial score (nSPS) is 15.9. The van der Waals surface area contributed by atoms with Crippen molar-refractivity contribution < 1.29 is 4.79 Å². The first kappa shape index (κ1) is 15.5. The quantitative estimate of drug-likeness (QED) is 0.923. The smallest absolute Gasteiger partial charge is 0.222 e. The molecular formula is C16H22N6O. The van der Waals surface area contributed by atoms with Crippen molar-refractivity contribution >= 4 is 11.7 Å². The topological polar surface area (TPSA) is 75.9 Å². The van der Waals surface area contributed by atoms with Gasteiger partial charge in [-0.3, -0.25) is 9.78 Å². The van der Waals surface area contributed by atoms with Gasteiger partial charge in [-0.05, 0) is 18.9 Å². The zero-order valence-corrected chi connectivity index (χ0v) is 13.5. The Balaban J connectivity index is 1.62. The number of nitrogens with one attached hydrogen (secondary N) is 1. The van der Waals surface area contributed by atoms with Gasteiger partial charge in [0.1, 0.15) is 5.82 Å². The van der Waals surface area contributed by atoms with Gasteiger partial charge < -0.3 is 10.2 Å². The Morgan fingerprint density at radius 2 is 2.00 bits per heavy atom. The van der Waals surface area contributed by atoms with Crippen molar-refractivity contribution in [2.75, 3.05) is 18.0 Å². The summed E-state index contributed by atoms with van der Waals surface area (Å²) in [7, 11) is 0. The van der Waals surface area contributed by atoms with E-state index in [9.17, 15) is 4.79 Å². The van der Waals surface area contributed by atoms with Crippen LogP contribution in [0, 0.1) is 5.92 Å². The van der Waals surface area contributed by atoms with Gasteiger partial charge in [0.15, 0.2) is 5.82 Å². The van der Waals surface area contributed by atoms with Gasteiger partial charge in [-0.2, -0.15) is 5.10 Å². The Bertz CT molecular complexity index is 646. The second kappa shape index (κ2) is 6.76. The van der Waals surface area contributed by atoms with Crippen molar-refractivity contribution in [3.05, 3.63) is 30.9 Å². The zero-order valence-electron chi connectivity index (χ0n) is 13.5. The number of anilines is 1. The van der Waals surface area contributed by atoms with Gasteiger partial charge in [-0.25, -0.2) is 9.67 Å². The van der Waals surface area contributed by atoms with Crippen molar-refractivity contribution in [2.45, 2.75) is 32.7 Å². The molecule has 1 N–H and O–H groups in total. The molecule has 0 unspecified atom stereocenters. The van der Waals surface area contributed by atoms with Crippen molar-refractivity contribution in [1.29, 1.82) is 0 Å². The predicted octanol–water partition coefficient (Wildman–Crippen LogP) is 1.40. The lowest BCUT2D eigenvalue weighted by molar-refractivity contribution is -0.124. The SMILES string of the molecule is CC(C)C(=O)NC1CCN(c2cncc(-n3cccn3)n2)CC1.